The third-order valence-corrected chi connectivity index (χ3v) is 5.88. The van der Waals surface area contributed by atoms with Crippen molar-refractivity contribution in [3.63, 3.8) is 0 Å². The summed E-state index contributed by atoms with van der Waals surface area (Å²) >= 11 is 1.43. The fraction of sp³-hybridized carbons (Fsp3) is 0.263. The number of rotatable bonds is 6. The zero-order valence-electron chi connectivity index (χ0n) is 15.4. The van der Waals surface area contributed by atoms with E-state index >= 15 is 0 Å². The Balaban J connectivity index is 1.80. The molecule has 0 radical (unpaired) electrons. The Morgan fingerprint density at radius 3 is 2.79 bits per heavy atom. The highest BCUT2D eigenvalue weighted by Gasteiger charge is 2.35. The molecule has 4 rings (SSSR count). The van der Waals surface area contributed by atoms with E-state index in [-0.39, 0.29) is 29.9 Å². The Labute approximate surface area is 167 Å². The first-order chi connectivity index (χ1) is 13.9. The van der Waals surface area contributed by atoms with Gasteiger partial charge >= 0.3 is 0 Å². The van der Waals surface area contributed by atoms with Crippen molar-refractivity contribution in [1.29, 1.82) is 0 Å². The van der Waals surface area contributed by atoms with E-state index in [9.17, 15) is 18.7 Å². The fourth-order valence-corrected chi connectivity index (χ4v) is 4.19. The molecule has 0 spiro atoms. The molecule has 1 aromatic carbocycles. The van der Waals surface area contributed by atoms with Gasteiger partial charge in [-0.1, -0.05) is 13.0 Å². The van der Waals surface area contributed by atoms with Gasteiger partial charge in [-0.05, 0) is 18.6 Å². The maximum Gasteiger partial charge on any atom is 0.262 e. The summed E-state index contributed by atoms with van der Waals surface area (Å²) < 4.78 is 29.2. The summed E-state index contributed by atoms with van der Waals surface area (Å²) in [4.78, 5) is 22.8. The molecule has 3 heterocycles. The maximum atomic E-state index is 14.5. The lowest BCUT2D eigenvalue weighted by Gasteiger charge is -2.28. The minimum absolute atomic E-state index is 0.157. The first-order valence-corrected chi connectivity index (χ1v) is 9.71. The van der Waals surface area contributed by atoms with Gasteiger partial charge in [0.15, 0.2) is 5.82 Å². The van der Waals surface area contributed by atoms with Crippen LogP contribution in [0.3, 0.4) is 0 Å². The quantitative estimate of drug-likeness (QED) is 0.503. The van der Waals surface area contributed by atoms with E-state index in [0.29, 0.717) is 16.3 Å². The standard InChI is InChI=1S/C19H17F2N5O2S/c1-2-12-6-13-17(29-12)23-10-26(18(13)27)8-19(28,7-16-22-9-24-25-16)14-4-3-11(20)5-15(14)21/h3-6,9-10,28H,2,7-8H2,1H3,(H,22,24,25). The van der Waals surface area contributed by atoms with Gasteiger partial charge in [-0.2, -0.15) is 5.10 Å². The van der Waals surface area contributed by atoms with Crippen LogP contribution in [0.5, 0.6) is 0 Å². The Morgan fingerprint density at radius 1 is 1.28 bits per heavy atom. The molecule has 0 aliphatic carbocycles. The number of nitrogens with one attached hydrogen (secondary N) is 1. The highest BCUT2D eigenvalue weighted by molar-refractivity contribution is 7.18. The molecule has 7 nitrogen and oxygen atoms in total. The molecule has 0 saturated heterocycles. The summed E-state index contributed by atoms with van der Waals surface area (Å²) in [5.41, 5.74) is -2.40. The van der Waals surface area contributed by atoms with Crippen LogP contribution in [0.1, 0.15) is 23.2 Å². The number of halogens is 2. The molecule has 0 amide bonds. The number of H-pyrrole nitrogens is 1. The molecule has 0 saturated carbocycles. The second kappa shape index (κ2) is 7.45. The van der Waals surface area contributed by atoms with Gasteiger partial charge in [-0.15, -0.1) is 11.3 Å². The average Bonchev–Trinajstić information content (AvgIpc) is 3.33. The fourth-order valence-electron chi connectivity index (χ4n) is 3.26. The molecular formula is C19H17F2N5O2S. The number of benzene rings is 1. The molecule has 1 atom stereocenters. The lowest BCUT2D eigenvalue weighted by Crippen LogP contribution is -2.39. The van der Waals surface area contributed by atoms with Crippen molar-refractivity contribution in [2.24, 2.45) is 0 Å². The summed E-state index contributed by atoms with van der Waals surface area (Å²) in [5, 5.41) is 18.3. The SMILES string of the molecule is CCc1cc2c(=O)n(CC(O)(Cc3nc[nH]n3)c3ccc(F)cc3F)cnc2s1. The van der Waals surface area contributed by atoms with Crippen molar-refractivity contribution in [3.05, 3.63) is 75.2 Å². The third kappa shape index (κ3) is 3.68. The molecule has 150 valence electrons. The Hall–Kier alpha value is -2.98. The van der Waals surface area contributed by atoms with E-state index in [0.717, 1.165) is 23.4 Å². The molecule has 1 unspecified atom stereocenters. The molecule has 4 aromatic rings. The van der Waals surface area contributed by atoms with Gasteiger partial charge in [0.25, 0.3) is 5.56 Å². The predicted octanol–water partition coefficient (Wildman–Crippen LogP) is 2.55. The van der Waals surface area contributed by atoms with Crippen LogP contribution in [0.4, 0.5) is 8.78 Å². The van der Waals surface area contributed by atoms with Crippen LogP contribution in [0.2, 0.25) is 0 Å². The number of aryl methyl sites for hydroxylation is 1. The minimum atomic E-state index is -1.90. The van der Waals surface area contributed by atoms with Crippen LogP contribution in [0.25, 0.3) is 10.2 Å². The number of fused-ring (bicyclic) bond motifs is 1. The third-order valence-electron chi connectivity index (χ3n) is 4.70. The zero-order chi connectivity index (χ0) is 20.6. The van der Waals surface area contributed by atoms with Crippen molar-refractivity contribution in [1.82, 2.24) is 24.7 Å². The largest absolute Gasteiger partial charge is 0.383 e. The van der Waals surface area contributed by atoms with Crippen molar-refractivity contribution in [2.75, 3.05) is 0 Å². The monoisotopic (exact) mass is 417 g/mol. The van der Waals surface area contributed by atoms with Gasteiger partial charge in [-0.25, -0.2) is 18.7 Å². The topological polar surface area (TPSA) is 96.7 Å². The molecular weight excluding hydrogens is 400 g/mol. The van der Waals surface area contributed by atoms with Crippen molar-refractivity contribution in [2.45, 2.75) is 31.9 Å². The van der Waals surface area contributed by atoms with Crippen LogP contribution in [-0.4, -0.2) is 29.8 Å². The van der Waals surface area contributed by atoms with Gasteiger partial charge in [-0.3, -0.25) is 14.5 Å². The molecule has 0 aliphatic heterocycles. The molecule has 0 aliphatic rings. The zero-order valence-corrected chi connectivity index (χ0v) is 16.2. The summed E-state index contributed by atoms with van der Waals surface area (Å²) in [7, 11) is 0. The maximum absolute atomic E-state index is 14.5. The van der Waals surface area contributed by atoms with Gasteiger partial charge < -0.3 is 5.11 Å². The van der Waals surface area contributed by atoms with Crippen molar-refractivity contribution >= 4 is 21.6 Å². The lowest BCUT2D eigenvalue weighted by molar-refractivity contribution is 0.0122. The number of aromatic amines is 1. The number of thiophene rings is 1. The van der Waals surface area contributed by atoms with Crippen LogP contribution in [0, 0.1) is 11.6 Å². The molecule has 3 aromatic heterocycles. The van der Waals surface area contributed by atoms with E-state index < -0.39 is 17.2 Å². The van der Waals surface area contributed by atoms with E-state index in [2.05, 4.69) is 20.2 Å². The second-order valence-corrected chi connectivity index (χ2v) is 7.83. The molecule has 29 heavy (non-hydrogen) atoms. The molecule has 0 fully saturated rings. The summed E-state index contributed by atoms with van der Waals surface area (Å²) in [6.45, 7) is 1.68. The second-order valence-electron chi connectivity index (χ2n) is 6.71. The van der Waals surface area contributed by atoms with Crippen molar-refractivity contribution in [3.8, 4) is 0 Å². The van der Waals surface area contributed by atoms with Crippen LogP contribution < -0.4 is 5.56 Å². The molecule has 0 bridgehead atoms. The van der Waals surface area contributed by atoms with E-state index in [1.165, 1.54) is 28.6 Å². The minimum Gasteiger partial charge on any atom is -0.383 e. The van der Waals surface area contributed by atoms with E-state index in [1.54, 1.807) is 6.07 Å². The van der Waals surface area contributed by atoms with Crippen LogP contribution in [-0.2, 0) is 25.0 Å². The Morgan fingerprint density at radius 2 is 2.10 bits per heavy atom. The first kappa shape index (κ1) is 19.3. The van der Waals surface area contributed by atoms with Gasteiger partial charge in [0, 0.05) is 22.9 Å². The van der Waals surface area contributed by atoms with Gasteiger partial charge in [0.05, 0.1) is 18.3 Å². The summed E-state index contributed by atoms with van der Waals surface area (Å²) in [5.74, 6) is -1.46. The number of hydrogen-bond acceptors (Lipinski definition) is 6. The van der Waals surface area contributed by atoms with Crippen LogP contribution >= 0.6 is 11.3 Å². The smallest absolute Gasteiger partial charge is 0.262 e. The summed E-state index contributed by atoms with van der Waals surface area (Å²) in [6.07, 6.45) is 3.24. The van der Waals surface area contributed by atoms with Gasteiger partial charge in [0.1, 0.15) is 28.4 Å². The number of aliphatic hydroxyl groups is 1. The predicted molar refractivity (Wildman–Crippen MR) is 104 cm³/mol. The van der Waals surface area contributed by atoms with Gasteiger partial charge in [0.2, 0.25) is 0 Å². The number of aromatic nitrogens is 5. The average molecular weight is 417 g/mol. The first-order valence-electron chi connectivity index (χ1n) is 8.90. The summed E-state index contributed by atoms with van der Waals surface area (Å²) in [6, 6.07) is 4.68. The van der Waals surface area contributed by atoms with Crippen LogP contribution in [0.15, 0.2) is 41.7 Å². The molecule has 10 heteroatoms. The Bertz CT molecular complexity index is 1220. The van der Waals surface area contributed by atoms with E-state index in [1.807, 2.05) is 6.92 Å². The van der Waals surface area contributed by atoms with E-state index in [4.69, 9.17) is 0 Å². The normalized spacial score (nSPS) is 13.7. The highest BCUT2D eigenvalue weighted by Crippen LogP contribution is 2.30. The number of hydrogen-bond donors (Lipinski definition) is 2. The van der Waals surface area contributed by atoms with Crippen molar-refractivity contribution < 1.29 is 13.9 Å². The number of nitrogens with zero attached hydrogens (tertiary/aromatic N) is 4. The molecule has 2 N–H and O–H groups in total. The highest BCUT2D eigenvalue weighted by atomic mass is 32.1. The Kier molecular flexibility index (Phi) is 4.97. The lowest BCUT2D eigenvalue weighted by atomic mass is 9.89.